The van der Waals surface area contributed by atoms with Gasteiger partial charge in [-0.15, -0.1) is 12.4 Å². The molecule has 2 saturated heterocycles. The van der Waals surface area contributed by atoms with Gasteiger partial charge in [0.25, 0.3) is 0 Å². The van der Waals surface area contributed by atoms with Gasteiger partial charge in [-0.1, -0.05) is 0 Å². The summed E-state index contributed by atoms with van der Waals surface area (Å²) < 4.78 is 7.46. The Kier molecular flexibility index (Phi) is 6.22. The molecule has 160 valence electrons. The van der Waals surface area contributed by atoms with Gasteiger partial charge in [-0.2, -0.15) is 5.10 Å². The van der Waals surface area contributed by atoms with Crippen LogP contribution in [0.15, 0.2) is 24.4 Å². The summed E-state index contributed by atoms with van der Waals surface area (Å²) >= 11 is 0. The van der Waals surface area contributed by atoms with Gasteiger partial charge in [0.05, 0.1) is 24.9 Å². The topological polar surface area (TPSA) is 68.1 Å². The number of fused-ring (bicyclic) bond motifs is 1. The Balaban J connectivity index is 0.00000218. The summed E-state index contributed by atoms with van der Waals surface area (Å²) in [7, 11) is 0. The fourth-order valence-corrected chi connectivity index (χ4v) is 4.56. The van der Waals surface area contributed by atoms with Gasteiger partial charge in [-0.05, 0) is 69.0 Å². The summed E-state index contributed by atoms with van der Waals surface area (Å²) in [4.78, 5) is 11.6. The lowest BCUT2D eigenvalue weighted by atomic mass is 9.87. The van der Waals surface area contributed by atoms with Crippen LogP contribution in [-0.4, -0.2) is 59.1 Å². The molecular weight excluding hydrogens is 400 g/mol. The highest BCUT2D eigenvalue weighted by atomic mass is 35.5. The van der Waals surface area contributed by atoms with E-state index in [-0.39, 0.29) is 12.4 Å². The van der Waals surface area contributed by atoms with Crippen LogP contribution in [0, 0.1) is 13.8 Å². The first kappa shape index (κ1) is 21.0. The monoisotopic (exact) mass is 428 g/mol. The predicted molar refractivity (Wildman–Crippen MR) is 121 cm³/mol. The SMILES string of the molecule is Cc1nc(N2CCOCC2)cc(-n2ncc3cc(C)c(C4CCNCC4)cc32)n1.Cl. The van der Waals surface area contributed by atoms with Crippen LogP contribution in [0.5, 0.6) is 0 Å². The minimum Gasteiger partial charge on any atom is -0.378 e. The molecule has 30 heavy (non-hydrogen) atoms. The molecule has 0 unspecified atom stereocenters. The van der Waals surface area contributed by atoms with E-state index in [0.717, 1.165) is 67.8 Å². The standard InChI is InChI=1S/C22H28N6O.ClH/c1-15-11-18-14-24-28(20(18)12-19(15)17-3-5-23-6-4-17)22-13-21(25-16(2)26-22)27-7-9-29-10-8-27;/h11-14,17,23H,3-10H2,1-2H3;1H. The number of halogens is 1. The summed E-state index contributed by atoms with van der Waals surface area (Å²) in [5.41, 5.74) is 3.92. The molecule has 0 aliphatic carbocycles. The van der Waals surface area contributed by atoms with E-state index in [4.69, 9.17) is 14.8 Å². The van der Waals surface area contributed by atoms with Gasteiger partial charge in [0.1, 0.15) is 11.6 Å². The van der Waals surface area contributed by atoms with Crippen molar-refractivity contribution in [3.05, 3.63) is 41.3 Å². The summed E-state index contributed by atoms with van der Waals surface area (Å²) in [5, 5.41) is 9.32. The quantitative estimate of drug-likeness (QED) is 0.691. The third kappa shape index (κ3) is 4.02. The molecule has 0 radical (unpaired) electrons. The van der Waals surface area contributed by atoms with Crippen molar-refractivity contribution in [3.63, 3.8) is 0 Å². The number of ether oxygens (including phenoxy) is 1. The van der Waals surface area contributed by atoms with Crippen LogP contribution in [0.1, 0.15) is 35.7 Å². The highest BCUT2D eigenvalue weighted by molar-refractivity contribution is 5.85. The minimum absolute atomic E-state index is 0. The van der Waals surface area contributed by atoms with E-state index in [9.17, 15) is 0 Å². The second kappa shape index (κ2) is 8.88. The van der Waals surface area contributed by atoms with Crippen molar-refractivity contribution in [2.24, 2.45) is 0 Å². The Hall–Kier alpha value is -2.22. The molecular formula is C22H29ClN6O. The van der Waals surface area contributed by atoms with E-state index in [1.807, 2.05) is 17.8 Å². The zero-order valence-corrected chi connectivity index (χ0v) is 18.4. The first-order valence-electron chi connectivity index (χ1n) is 10.6. The lowest BCUT2D eigenvalue weighted by molar-refractivity contribution is 0.122. The number of rotatable bonds is 3. The van der Waals surface area contributed by atoms with Crippen LogP contribution in [0.4, 0.5) is 5.82 Å². The maximum absolute atomic E-state index is 5.49. The first-order chi connectivity index (χ1) is 14.2. The summed E-state index contributed by atoms with van der Waals surface area (Å²) in [5.74, 6) is 3.15. The number of anilines is 1. The predicted octanol–water partition coefficient (Wildman–Crippen LogP) is 3.16. The average Bonchev–Trinajstić information content (AvgIpc) is 3.16. The normalized spacial score (nSPS) is 17.9. The molecule has 3 aromatic rings. The number of hydrogen-bond acceptors (Lipinski definition) is 6. The number of aromatic nitrogens is 4. The number of aryl methyl sites for hydroxylation is 2. The van der Waals surface area contributed by atoms with Crippen molar-refractivity contribution in [2.45, 2.75) is 32.6 Å². The number of hydrogen-bond donors (Lipinski definition) is 1. The zero-order chi connectivity index (χ0) is 19.8. The summed E-state index contributed by atoms with van der Waals surface area (Å²) in [6, 6.07) is 6.65. The van der Waals surface area contributed by atoms with E-state index in [0.29, 0.717) is 5.92 Å². The van der Waals surface area contributed by atoms with Gasteiger partial charge in [0.15, 0.2) is 5.82 Å². The molecule has 7 nitrogen and oxygen atoms in total. The Morgan fingerprint density at radius 1 is 1.00 bits per heavy atom. The van der Waals surface area contributed by atoms with Crippen molar-refractivity contribution in [1.29, 1.82) is 0 Å². The number of nitrogens with one attached hydrogen (secondary N) is 1. The third-order valence-corrected chi connectivity index (χ3v) is 6.10. The lowest BCUT2D eigenvalue weighted by Gasteiger charge is -2.28. The minimum atomic E-state index is 0. The van der Waals surface area contributed by atoms with E-state index in [1.165, 1.54) is 24.0 Å². The summed E-state index contributed by atoms with van der Waals surface area (Å²) in [6.07, 6.45) is 4.32. The van der Waals surface area contributed by atoms with Gasteiger partial charge in [-0.3, -0.25) is 0 Å². The van der Waals surface area contributed by atoms with E-state index in [1.54, 1.807) is 0 Å². The Morgan fingerprint density at radius 2 is 1.73 bits per heavy atom. The smallest absolute Gasteiger partial charge is 0.159 e. The molecule has 2 aliphatic rings. The molecule has 2 fully saturated rings. The van der Waals surface area contributed by atoms with Crippen LogP contribution in [0.3, 0.4) is 0 Å². The van der Waals surface area contributed by atoms with Crippen molar-refractivity contribution in [2.75, 3.05) is 44.3 Å². The van der Waals surface area contributed by atoms with Crippen LogP contribution in [0.2, 0.25) is 0 Å². The molecule has 1 N–H and O–H groups in total. The number of benzene rings is 1. The maximum atomic E-state index is 5.49. The largest absolute Gasteiger partial charge is 0.378 e. The second-order valence-electron chi connectivity index (χ2n) is 8.08. The second-order valence-corrected chi connectivity index (χ2v) is 8.08. The highest BCUT2D eigenvalue weighted by Gasteiger charge is 2.20. The van der Waals surface area contributed by atoms with E-state index >= 15 is 0 Å². The molecule has 8 heteroatoms. The molecule has 4 heterocycles. The molecule has 0 bridgehead atoms. The van der Waals surface area contributed by atoms with Crippen molar-refractivity contribution in [3.8, 4) is 5.82 Å². The highest BCUT2D eigenvalue weighted by Crippen LogP contribution is 2.32. The van der Waals surface area contributed by atoms with Crippen LogP contribution in [-0.2, 0) is 4.74 Å². The van der Waals surface area contributed by atoms with Gasteiger partial charge in [0.2, 0.25) is 0 Å². The summed E-state index contributed by atoms with van der Waals surface area (Å²) in [6.45, 7) is 9.54. The van der Waals surface area contributed by atoms with Gasteiger partial charge in [0, 0.05) is 24.5 Å². The fraction of sp³-hybridized carbons (Fsp3) is 0.500. The molecule has 2 aromatic heterocycles. The maximum Gasteiger partial charge on any atom is 0.159 e. The average molecular weight is 429 g/mol. The molecule has 0 amide bonds. The van der Waals surface area contributed by atoms with Gasteiger partial charge in [-0.25, -0.2) is 14.6 Å². The molecule has 5 rings (SSSR count). The van der Waals surface area contributed by atoms with Crippen LogP contribution >= 0.6 is 12.4 Å². The number of morpholine rings is 1. The van der Waals surface area contributed by atoms with E-state index in [2.05, 4.69) is 40.3 Å². The van der Waals surface area contributed by atoms with Crippen molar-refractivity contribution in [1.82, 2.24) is 25.1 Å². The fourth-order valence-electron chi connectivity index (χ4n) is 4.56. The van der Waals surface area contributed by atoms with Crippen molar-refractivity contribution >= 4 is 29.1 Å². The Bertz CT molecular complexity index is 1020. The molecule has 1 aromatic carbocycles. The Morgan fingerprint density at radius 3 is 2.50 bits per heavy atom. The molecule has 2 aliphatic heterocycles. The molecule has 0 atom stereocenters. The third-order valence-electron chi connectivity index (χ3n) is 6.10. The first-order valence-corrected chi connectivity index (χ1v) is 10.6. The molecule has 0 spiro atoms. The van der Waals surface area contributed by atoms with Crippen LogP contribution < -0.4 is 10.2 Å². The molecule has 0 saturated carbocycles. The van der Waals surface area contributed by atoms with Gasteiger partial charge >= 0.3 is 0 Å². The number of nitrogens with zero attached hydrogens (tertiary/aromatic N) is 5. The van der Waals surface area contributed by atoms with Crippen LogP contribution in [0.25, 0.3) is 16.7 Å². The Labute approximate surface area is 183 Å². The van der Waals surface area contributed by atoms with E-state index < -0.39 is 0 Å². The lowest BCUT2D eigenvalue weighted by Crippen LogP contribution is -2.37. The van der Waals surface area contributed by atoms with Gasteiger partial charge < -0.3 is 15.0 Å². The number of piperidine rings is 1. The zero-order valence-electron chi connectivity index (χ0n) is 17.6. The van der Waals surface area contributed by atoms with Crippen molar-refractivity contribution < 1.29 is 4.74 Å².